The Morgan fingerprint density at radius 1 is 0.978 bits per heavy atom. The summed E-state index contributed by atoms with van der Waals surface area (Å²) >= 11 is 6.63. The molecule has 7 rings (SSSR count). The van der Waals surface area contributed by atoms with Gasteiger partial charge in [0.2, 0.25) is 0 Å². The monoisotopic (exact) mass is 623 g/mol. The van der Waals surface area contributed by atoms with E-state index in [0.29, 0.717) is 49.8 Å². The van der Waals surface area contributed by atoms with E-state index in [-0.39, 0.29) is 12.0 Å². The number of benzene rings is 2. The Bertz CT molecular complexity index is 1940. The van der Waals surface area contributed by atoms with E-state index < -0.39 is 11.7 Å². The average molecular weight is 624 g/mol. The van der Waals surface area contributed by atoms with Crippen molar-refractivity contribution in [3.8, 4) is 16.9 Å². The van der Waals surface area contributed by atoms with E-state index in [0.717, 1.165) is 49.9 Å². The van der Waals surface area contributed by atoms with Crippen LogP contribution in [0.3, 0.4) is 0 Å². The molecule has 5 heterocycles. The number of nitrogens with one attached hydrogen (secondary N) is 1. The van der Waals surface area contributed by atoms with E-state index >= 15 is 0 Å². The molecule has 10 heteroatoms. The van der Waals surface area contributed by atoms with Gasteiger partial charge >= 0.3 is 6.09 Å². The molecule has 0 bridgehead atoms. The van der Waals surface area contributed by atoms with Crippen molar-refractivity contribution in [2.24, 2.45) is 0 Å². The molecule has 230 valence electrons. The van der Waals surface area contributed by atoms with Crippen molar-refractivity contribution < 1.29 is 19.1 Å². The number of carbonyl (C=O) groups is 2. The molecule has 5 aromatic rings. The number of ether oxygens (including phenoxy) is 2. The largest absolute Gasteiger partial charge is 0.479 e. The second-order valence-electron chi connectivity index (χ2n) is 12.7. The van der Waals surface area contributed by atoms with Gasteiger partial charge in [0.15, 0.2) is 6.10 Å². The van der Waals surface area contributed by atoms with Gasteiger partial charge in [0.05, 0.1) is 0 Å². The highest BCUT2D eigenvalue weighted by Gasteiger charge is 2.37. The molecule has 2 aromatic carbocycles. The number of hydrogen-bond acceptors (Lipinski definition) is 6. The van der Waals surface area contributed by atoms with Crippen LogP contribution in [0.25, 0.3) is 32.9 Å². The summed E-state index contributed by atoms with van der Waals surface area (Å²) in [6.07, 6.45) is 3.70. The summed E-state index contributed by atoms with van der Waals surface area (Å²) in [6.45, 7) is 7.20. The molecule has 1 atom stereocenters. The lowest BCUT2D eigenvalue weighted by atomic mass is 9.99. The Balaban J connectivity index is 1.10. The van der Waals surface area contributed by atoms with Crippen LogP contribution in [-0.2, 0) is 22.4 Å². The quantitative estimate of drug-likeness (QED) is 0.248. The fourth-order valence-electron chi connectivity index (χ4n) is 6.13. The van der Waals surface area contributed by atoms with Gasteiger partial charge in [-0.05, 0) is 62.1 Å². The first kappa shape index (κ1) is 29.1. The highest BCUT2D eigenvalue weighted by Crippen LogP contribution is 2.43. The highest BCUT2D eigenvalue weighted by molar-refractivity contribution is 6.31. The van der Waals surface area contributed by atoms with Crippen LogP contribution in [-0.4, -0.2) is 74.6 Å². The number of pyridine rings is 2. The van der Waals surface area contributed by atoms with Gasteiger partial charge in [-0.1, -0.05) is 35.9 Å². The van der Waals surface area contributed by atoms with Crippen LogP contribution in [0.1, 0.15) is 37.7 Å². The van der Waals surface area contributed by atoms with E-state index in [4.69, 9.17) is 21.1 Å². The molecule has 1 N–H and O–H groups in total. The van der Waals surface area contributed by atoms with Crippen LogP contribution in [0.5, 0.6) is 5.75 Å². The van der Waals surface area contributed by atoms with E-state index in [1.165, 1.54) is 0 Å². The van der Waals surface area contributed by atoms with Crippen molar-refractivity contribution in [3.63, 3.8) is 0 Å². The van der Waals surface area contributed by atoms with Gasteiger partial charge in [-0.15, -0.1) is 0 Å². The Morgan fingerprint density at radius 3 is 2.51 bits per heavy atom. The zero-order valence-electron chi connectivity index (χ0n) is 25.5. The maximum atomic E-state index is 13.6. The molecule has 0 aliphatic carbocycles. The first-order valence-corrected chi connectivity index (χ1v) is 15.6. The fourth-order valence-corrected chi connectivity index (χ4v) is 6.38. The third kappa shape index (κ3) is 5.92. The van der Waals surface area contributed by atoms with E-state index in [9.17, 15) is 9.59 Å². The van der Waals surface area contributed by atoms with Crippen LogP contribution in [0, 0.1) is 0 Å². The molecule has 2 aliphatic rings. The molecule has 3 aromatic heterocycles. The number of hydrogen-bond donors (Lipinski definition) is 1. The number of amides is 2. The third-order valence-corrected chi connectivity index (χ3v) is 8.47. The molecule has 1 saturated heterocycles. The number of H-pyrrole nitrogens is 1. The lowest BCUT2D eigenvalue weighted by molar-refractivity contribution is -0.139. The normalized spacial score (nSPS) is 16.6. The van der Waals surface area contributed by atoms with Gasteiger partial charge in [0.1, 0.15) is 17.0 Å². The topological polar surface area (TPSA) is 101 Å². The van der Waals surface area contributed by atoms with Crippen LogP contribution in [0.15, 0.2) is 67.0 Å². The van der Waals surface area contributed by atoms with Crippen molar-refractivity contribution in [2.45, 2.75) is 45.3 Å². The minimum Gasteiger partial charge on any atom is -0.479 e. The number of carbonyl (C=O) groups excluding carboxylic acids is 2. The first-order chi connectivity index (χ1) is 21.6. The number of rotatable bonds is 4. The van der Waals surface area contributed by atoms with Crippen LogP contribution in [0.2, 0.25) is 5.02 Å². The number of nitrogens with zero attached hydrogens (tertiary/aromatic N) is 4. The second kappa shape index (κ2) is 11.4. The predicted octanol–water partition coefficient (Wildman–Crippen LogP) is 6.41. The molecule has 2 aliphatic heterocycles. The number of piperazine rings is 1. The Kier molecular flexibility index (Phi) is 7.36. The van der Waals surface area contributed by atoms with Gasteiger partial charge in [-0.25, -0.2) is 9.78 Å². The maximum absolute atomic E-state index is 13.6. The number of halogens is 1. The highest BCUT2D eigenvalue weighted by atomic mass is 35.5. The van der Waals surface area contributed by atoms with Crippen molar-refractivity contribution >= 4 is 45.4 Å². The Morgan fingerprint density at radius 2 is 1.73 bits per heavy atom. The summed E-state index contributed by atoms with van der Waals surface area (Å²) in [5, 5.41) is 3.77. The molecule has 2 amide bonds. The number of fused-ring (bicyclic) bond motifs is 3. The lowest BCUT2D eigenvalue weighted by Gasteiger charge is -2.36. The molecule has 9 nitrogen and oxygen atoms in total. The number of aromatic amines is 1. The van der Waals surface area contributed by atoms with Crippen molar-refractivity contribution in [3.05, 3.63) is 89.0 Å². The summed E-state index contributed by atoms with van der Waals surface area (Å²) in [4.78, 5) is 42.2. The van der Waals surface area contributed by atoms with Crippen molar-refractivity contribution in [1.82, 2.24) is 24.8 Å². The zero-order chi connectivity index (χ0) is 31.3. The Labute approximate surface area is 266 Å². The lowest BCUT2D eigenvalue weighted by Crippen LogP contribution is -2.54. The van der Waals surface area contributed by atoms with Gasteiger partial charge < -0.3 is 24.3 Å². The molecule has 45 heavy (non-hydrogen) atoms. The van der Waals surface area contributed by atoms with Gasteiger partial charge in [0, 0.05) is 89.7 Å². The molecule has 0 saturated carbocycles. The van der Waals surface area contributed by atoms with Crippen LogP contribution >= 0.6 is 11.6 Å². The van der Waals surface area contributed by atoms with Gasteiger partial charge in [-0.3, -0.25) is 9.78 Å². The predicted molar refractivity (Wildman–Crippen MR) is 174 cm³/mol. The second-order valence-corrected chi connectivity index (χ2v) is 13.1. The minimum absolute atomic E-state index is 0.0937. The standard InChI is InChI=1S/C35H34ClN5O4/c1-35(2,3)45-34(43)41-12-10-40(11-13-41)33(42)30-16-23-14-24(36)17-28(31(23)44-30)27-8-9-37-32-29(27)19-26(39-32)18-25-15-21-6-4-5-7-22(21)20-38-25/h4-9,14-15,17,19-20,30H,10-13,16,18H2,1-3H3,(H,37,39). The Hall–Kier alpha value is -4.63. The van der Waals surface area contributed by atoms with Gasteiger partial charge in [0.25, 0.3) is 5.91 Å². The van der Waals surface area contributed by atoms with Crippen molar-refractivity contribution in [1.29, 1.82) is 0 Å². The van der Waals surface area contributed by atoms with Crippen molar-refractivity contribution in [2.75, 3.05) is 26.2 Å². The average Bonchev–Trinajstić information content (AvgIpc) is 3.63. The summed E-state index contributed by atoms with van der Waals surface area (Å²) < 4.78 is 11.9. The number of aromatic nitrogens is 3. The van der Waals surface area contributed by atoms with Gasteiger partial charge in [-0.2, -0.15) is 0 Å². The molecule has 0 spiro atoms. The fraction of sp³-hybridized carbons (Fsp3) is 0.314. The summed E-state index contributed by atoms with van der Waals surface area (Å²) in [7, 11) is 0. The minimum atomic E-state index is -0.664. The van der Waals surface area contributed by atoms with E-state index in [1.54, 1.807) is 16.0 Å². The van der Waals surface area contributed by atoms with E-state index in [1.807, 2.05) is 57.3 Å². The summed E-state index contributed by atoms with van der Waals surface area (Å²) in [5.74, 6) is 0.570. The summed E-state index contributed by atoms with van der Waals surface area (Å²) in [6, 6.07) is 18.1. The first-order valence-electron chi connectivity index (χ1n) is 15.2. The smallest absolute Gasteiger partial charge is 0.410 e. The third-order valence-electron chi connectivity index (χ3n) is 8.25. The molecular weight excluding hydrogens is 590 g/mol. The zero-order valence-corrected chi connectivity index (χ0v) is 26.2. The van der Waals surface area contributed by atoms with Crippen LogP contribution < -0.4 is 4.74 Å². The molecule has 1 fully saturated rings. The maximum Gasteiger partial charge on any atom is 0.410 e. The molecule has 0 radical (unpaired) electrons. The molecule has 1 unspecified atom stereocenters. The summed E-state index contributed by atoms with van der Waals surface area (Å²) in [5.41, 5.74) is 4.78. The SMILES string of the molecule is CC(C)(C)OC(=O)N1CCN(C(=O)C2Cc3cc(Cl)cc(-c4ccnc5[nH]c(Cc6cc7ccccc7cn6)cc45)c3O2)CC1. The van der Waals surface area contributed by atoms with Crippen LogP contribution in [0.4, 0.5) is 4.79 Å². The van der Waals surface area contributed by atoms with E-state index in [2.05, 4.69) is 39.2 Å². The molecular formula is C35H34ClN5O4.